The van der Waals surface area contributed by atoms with Crippen molar-refractivity contribution in [1.29, 1.82) is 0 Å². The van der Waals surface area contributed by atoms with Crippen LogP contribution < -0.4 is 0 Å². The summed E-state index contributed by atoms with van der Waals surface area (Å²) < 4.78 is 5.74. The third-order valence-corrected chi connectivity index (χ3v) is 3.57. The van der Waals surface area contributed by atoms with E-state index in [1.807, 2.05) is 4.90 Å². The zero-order valence-corrected chi connectivity index (χ0v) is 9.89. The van der Waals surface area contributed by atoms with Crippen LogP contribution in [-0.4, -0.2) is 60.6 Å². The highest BCUT2D eigenvalue weighted by atomic mass is 16.5. The molecule has 0 N–H and O–H groups in total. The normalized spacial score (nSPS) is 30.9. The average molecular weight is 224 g/mol. The number of fused-ring (bicyclic) bond motifs is 1. The Bertz CT molecular complexity index is 280. The molecule has 0 aromatic carbocycles. The number of likely N-dealkylation sites (N-methyl/N-ethyl adjacent to an activating group) is 1. The highest BCUT2D eigenvalue weighted by Gasteiger charge is 2.37. The maximum absolute atomic E-state index is 11.8. The molecule has 0 saturated carbocycles. The summed E-state index contributed by atoms with van der Waals surface area (Å²) in [5.41, 5.74) is 0. The maximum Gasteiger partial charge on any atom is 0.246 e. The number of amides is 1. The van der Waals surface area contributed by atoms with Gasteiger partial charge in [0.15, 0.2) is 0 Å². The first kappa shape index (κ1) is 11.6. The number of piperidine rings is 1. The molecular formula is C12H20N2O2. The molecule has 1 amide bonds. The van der Waals surface area contributed by atoms with Crippen LogP contribution in [0.5, 0.6) is 0 Å². The molecule has 2 heterocycles. The van der Waals surface area contributed by atoms with Gasteiger partial charge in [0.05, 0.1) is 18.8 Å². The fourth-order valence-corrected chi connectivity index (χ4v) is 2.62. The summed E-state index contributed by atoms with van der Waals surface area (Å²) in [5, 5.41) is 0. The smallest absolute Gasteiger partial charge is 0.246 e. The Labute approximate surface area is 96.8 Å². The summed E-state index contributed by atoms with van der Waals surface area (Å²) in [6.45, 7) is 10.1. The van der Waals surface area contributed by atoms with Crippen molar-refractivity contribution in [1.82, 2.24) is 9.80 Å². The summed E-state index contributed by atoms with van der Waals surface area (Å²) in [6.07, 6.45) is 2.66. The lowest BCUT2D eigenvalue weighted by Crippen LogP contribution is -2.61. The Morgan fingerprint density at radius 3 is 3.06 bits per heavy atom. The molecule has 0 unspecified atom stereocenters. The molecule has 0 aromatic rings. The van der Waals surface area contributed by atoms with Crippen molar-refractivity contribution in [2.24, 2.45) is 0 Å². The van der Waals surface area contributed by atoms with Gasteiger partial charge < -0.3 is 14.5 Å². The molecule has 2 aliphatic rings. The molecule has 90 valence electrons. The van der Waals surface area contributed by atoms with E-state index in [1.54, 1.807) is 0 Å². The van der Waals surface area contributed by atoms with E-state index in [-0.39, 0.29) is 18.1 Å². The van der Waals surface area contributed by atoms with Crippen molar-refractivity contribution in [3.8, 4) is 0 Å². The lowest BCUT2D eigenvalue weighted by atomic mass is 9.98. The zero-order chi connectivity index (χ0) is 11.5. The number of hydrogen-bond donors (Lipinski definition) is 0. The Morgan fingerprint density at radius 2 is 2.38 bits per heavy atom. The molecule has 0 aromatic heterocycles. The molecule has 2 fully saturated rings. The maximum atomic E-state index is 11.8. The Morgan fingerprint density at radius 1 is 1.56 bits per heavy atom. The largest absolute Gasteiger partial charge is 0.374 e. The SMILES string of the molecule is C=CC(=O)N1CCO[C@@H]2CCN(CC)C[C@@H]21. The molecule has 4 heteroatoms. The van der Waals surface area contributed by atoms with Crippen LogP contribution in [0.4, 0.5) is 0 Å². The van der Waals surface area contributed by atoms with E-state index in [0.29, 0.717) is 13.2 Å². The van der Waals surface area contributed by atoms with Crippen LogP contribution in [0.2, 0.25) is 0 Å². The number of ether oxygens (including phenoxy) is 1. The second kappa shape index (κ2) is 4.97. The molecule has 2 aliphatic heterocycles. The minimum absolute atomic E-state index is 0.0382. The molecule has 2 rings (SSSR count). The zero-order valence-electron chi connectivity index (χ0n) is 9.89. The van der Waals surface area contributed by atoms with Gasteiger partial charge in [0.2, 0.25) is 5.91 Å². The molecule has 0 radical (unpaired) electrons. The monoisotopic (exact) mass is 224 g/mol. The summed E-state index contributed by atoms with van der Waals surface area (Å²) in [6, 6.07) is 0.216. The number of likely N-dealkylation sites (tertiary alicyclic amines) is 1. The molecule has 0 bridgehead atoms. The summed E-state index contributed by atoms with van der Waals surface area (Å²) in [7, 11) is 0. The summed E-state index contributed by atoms with van der Waals surface area (Å²) in [5.74, 6) is 0.0382. The van der Waals surface area contributed by atoms with E-state index in [4.69, 9.17) is 4.74 Å². The molecule has 0 spiro atoms. The quantitative estimate of drug-likeness (QED) is 0.640. The minimum Gasteiger partial charge on any atom is -0.374 e. The van der Waals surface area contributed by atoms with Gasteiger partial charge in [-0.3, -0.25) is 4.79 Å². The summed E-state index contributed by atoms with van der Waals surface area (Å²) >= 11 is 0. The van der Waals surface area contributed by atoms with Crippen molar-refractivity contribution < 1.29 is 9.53 Å². The number of nitrogens with zero attached hydrogens (tertiary/aromatic N) is 2. The molecule has 2 saturated heterocycles. The Balaban J connectivity index is 2.08. The fourth-order valence-electron chi connectivity index (χ4n) is 2.62. The van der Waals surface area contributed by atoms with Gasteiger partial charge in [-0.25, -0.2) is 0 Å². The number of carbonyl (C=O) groups is 1. The molecule has 2 atom stereocenters. The first-order chi connectivity index (χ1) is 7.76. The van der Waals surface area contributed by atoms with E-state index in [1.165, 1.54) is 6.08 Å². The first-order valence-electron chi connectivity index (χ1n) is 6.03. The highest BCUT2D eigenvalue weighted by Crippen LogP contribution is 2.23. The van der Waals surface area contributed by atoms with Crippen molar-refractivity contribution in [3.63, 3.8) is 0 Å². The third-order valence-electron chi connectivity index (χ3n) is 3.57. The number of morpholine rings is 1. The van der Waals surface area contributed by atoms with Gasteiger partial charge in [-0.05, 0) is 19.0 Å². The van der Waals surface area contributed by atoms with Gasteiger partial charge in [0, 0.05) is 19.6 Å². The molecule has 16 heavy (non-hydrogen) atoms. The van der Waals surface area contributed by atoms with Crippen molar-refractivity contribution in [2.75, 3.05) is 32.8 Å². The lowest BCUT2D eigenvalue weighted by molar-refractivity contribution is -0.147. The van der Waals surface area contributed by atoms with E-state index in [9.17, 15) is 4.79 Å². The standard InChI is InChI=1S/C12H20N2O2/c1-3-12(15)14-7-8-16-11-5-6-13(4-2)9-10(11)14/h3,10-11H,1,4-9H2,2H3/t10-,11+/m0/s1. The molecule has 0 aliphatic carbocycles. The van der Waals surface area contributed by atoms with Gasteiger partial charge in [-0.1, -0.05) is 13.5 Å². The minimum atomic E-state index is 0.0382. The van der Waals surface area contributed by atoms with Crippen LogP contribution in [0.25, 0.3) is 0 Å². The van der Waals surface area contributed by atoms with Crippen LogP contribution in [0.15, 0.2) is 12.7 Å². The van der Waals surface area contributed by atoms with Gasteiger partial charge in [0.1, 0.15) is 0 Å². The Kier molecular flexibility index (Phi) is 3.61. The number of carbonyl (C=O) groups excluding carboxylic acids is 1. The van der Waals surface area contributed by atoms with E-state index >= 15 is 0 Å². The topological polar surface area (TPSA) is 32.8 Å². The van der Waals surface area contributed by atoms with E-state index in [0.717, 1.165) is 26.1 Å². The molecule has 4 nitrogen and oxygen atoms in total. The van der Waals surface area contributed by atoms with Crippen molar-refractivity contribution >= 4 is 5.91 Å². The van der Waals surface area contributed by atoms with Crippen LogP contribution in [-0.2, 0) is 9.53 Å². The number of rotatable bonds is 2. The lowest BCUT2D eigenvalue weighted by Gasteiger charge is -2.46. The van der Waals surface area contributed by atoms with Crippen LogP contribution >= 0.6 is 0 Å². The van der Waals surface area contributed by atoms with Gasteiger partial charge in [-0.2, -0.15) is 0 Å². The second-order valence-corrected chi connectivity index (χ2v) is 4.39. The van der Waals surface area contributed by atoms with Gasteiger partial charge in [0.25, 0.3) is 0 Å². The van der Waals surface area contributed by atoms with Crippen LogP contribution in [0, 0.1) is 0 Å². The first-order valence-corrected chi connectivity index (χ1v) is 6.03. The average Bonchev–Trinajstić information content (AvgIpc) is 2.36. The second-order valence-electron chi connectivity index (χ2n) is 4.39. The predicted molar refractivity (Wildman–Crippen MR) is 62.2 cm³/mol. The fraction of sp³-hybridized carbons (Fsp3) is 0.750. The van der Waals surface area contributed by atoms with Crippen molar-refractivity contribution in [3.05, 3.63) is 12.7 Å². The number of hydrogen-bond acceptors (Lipinski definition) is 3. The van der Waals surface area contributed by atoms with Crippen LogP contribution in [0.1, 0.15) is 13.3 Å². The van der Waals surface area contributed by atoms with E-state index in [2.05, 4.69) is 18.4 Å². The third kappa shape index (κ3) is 2.13. The van der Waals surface area contributed by atoms with Gasteiger partial charge in [-0.15, -0.1) is 0 Å². The summed E-state index contributed by atoms with van der Waals surface area (Å²) in [4.78, 5) is 16.0. The Hall–Kier alpha value is -0.870. The van der Waals surface area contributed by atoms with Gasteiger partial charge >= 0.3 is 0 Å². The molecular weight excluding hydrogens is 204 g/mol. The van der Waals surface area contributed by atoms with Crippen LogP contribution in [0.3, 0.4) is 0 Å². The van der Waals surface area contributed by atoms with E-state index < -0.39 is 0 Å². The highest BCUT2D eigenvalue weighted by molar-refractivity contribution is 5.87. The predicted octanol–water partition coefficient (Wildman–Crippen LogP) is 0.494. The van der Waals surface area contributed by atoms with Crippen molar-refractivity contribution in [2.45, 2.75) is 25.5 Å².